The van der Waals surface area contributed by atoms with Gasteiger partial charge < -0.3 is 10.0 Å². The second kappa shape index (κ2) is 7.47. The number of aryl methyl sites for hydroxylation is 2. The quantitative estimate of drug-likeness (QED) is 0.871. The van der Waals surface area contributed by atoms with E-state index >= 15 is 0 Å². The summed E-state index contributed by atoms with van der Waals surface area (Å²) >= 11 is 0. The Kier molecular flexibility index (Phi) is 5.26. The predicted molar refractivity (Wildman–Crippen MR) is 98.0 cm³/mol. The molecule has 1 unspecified atom stereocenters. The molecule has 1 atom stereocenters. The first kappa shape index (κ1) is 19.0. The summed E-state index contributed by atoms with van der Waals surface area (Å²) in [7, 11) is 0. The van der Waals surface area contributed by atoms with Crippen molar-refractivity contribution in [2.24, 2.45) is 5.92 Å². The Hall–Kier alpha value is -2.76. The highest BCUT2D eigenvalue weighted by Crippen LogP contribution is 2.32. The molecule has 0 radical (unpaired) electrons. The number of hydrogen-bond acceptors (Lipinski definition) is 2. The number of benzene rings is 2. The Labute approximate surface area is 156 Å². The molecule has 0 bridgehead atoms. The van der Waals surface area contributed by atoms with E-state index in [0.29, 0.717) is 37.1 Å². The van der Waals surface area contributed by atoms with Crippen LogP contribution in [0, 0.1) is 31.4 Å². The normalized spacial score (nSPS) is 17.3. The summed E-state index contributed by atoms with van der Waals surface area (Å²) in [6.07, 6.45) is 1.39. The predicted octanol–water partition coefficient (Wildman–Crippen LogP) is 4.27. The zero-order valence-corrected chi connectivity index (χ0v) is 15.3. The Morgan fingerprint density at radius 2 is 1.85 bits per heavy atom. The van der Waals surface area contributed by atoms with Gasteiger partial charge in [0.2, 0.25) is 5.91 Å². The molecule has 2 aromatic rings. The lowest BCUT2D eigenvalue weighted by Gasteiger charge is -2.34. The molecule has 4 nitrogen and oxygen atoms in total. The van der Waals surface area contributed by atoms with Gasteiger partial charge in [-0.2, -0.15) is 0 Å². The first-order chi connectivity index (χ1) is 12.8. The van der Waals surface area contributed by atoms with E-state index in [0.717, 1.165) is 17.2 Å². The summed E-state index contributed by atoms with van der Waals surface area (Å²) in [5.74, 6) is -2.18. The molecule has 142 valence electrons. The minimum Gasteiger partial charge on any atom is -0.478 e. The molecule has 1 aliphatic heterocycles. The fraction of sp³-hybridized carbons (Fsp3) is 0.333. The second-order valence-electron chi connectivity index (χ2n) is 7.11. The number of aromatic carboxylic acids is 1. The van der Waals surface area contributed by atoms with Crippen LogP contribution in [0.15, 0.2) is 30.3 Å². The topological polar surface area (TPSA) is 57.6 Å². The molecule has 1 amide bonds. The highest BCUT2D eigenvalue weighted by atomic mass is 19.1. The molecule has 1 N–H and O–H groups in total. The third-order valence-electron chi connectivity index (χ3n) is 5.04. The number of carboxylic acids is 1. The van der Waals surface area contributed by atoms with E-state index in [1.807, 2.05) is 0 Å². The maximum absolute atomic E-state index is 14.0. The Morgan fingerprint density at radius 3 is 2.44 bits per heavy atom. The maximum Gasteiger partial charge on any atom is 0.335 e. The molecule has 1 heterocycles. The molecule has 1 aliphatic rings. The molecule has 2 aromatic carbocycles. The van der Waals surface area contributed by atoms with Gasteiger partial charge in [0.1, 0.15) is 11.6 Å². The van der Waals surface area contributed by atoms with Crippen molar-refractivity contribution in [1.82, 2.24) is 0 Å². The van der Waals surface area contributed by atoms with Gasteiger partial charge in [-0.25, -0.2) is 13.6 Å². The smallest absolute Gasteiger partial charge is 0.335 e. The fourth-order valence-electron chi connectivity index (χ4n) is 3.80. The highest BCUT2D eigenvalue weighted by Gasteiger charge is 2.29. The van der Waals surface area contributed by atoms with Crippen molar-refractivity contribution >= 4 is 17.6 Å². The molecular formula is C21H21F2NO3. The van der Waals surface area contributed by atoms with Gasteiger partial charge in [-0.15, -0.1) is 0 Å². The number of carbonyl (C=O) groups excluding carboxylic acids is 1. The molecule has 0 saturated carbocycles. The SMILES string of the molecule is Cc1cc(C(=O)O)cc(C)c1N1CC(Cc2ccc(F)cc2F)CCC1=O. The van der Waals surface area contributed by atoms with E-state index in [9.17, 15) is 23.5 Å². The summed E-state index contributed by atoms with van der Waals surface area (Å²) in [4.78, 5) is 25.4. The van der Waals surface area contributed by atoms with E-state index in [1.54, 1.807) is 30.9 Å². The fourth-order valence-corrected chi connectivity index (χ4v) is 3.80. The number of piperidine rings is 1. The number of carbonyl (C=O) groups is 2. The number of hydrogen-bond donors (Lipinski definition) is 1. The van der Waals surface area contributed by atoms with Crippen molar-refractivity contribution in [2.75, 3.05) is 11.4 Å². The van der Waals surface area contributed by atoms with E-state index in [-0.39, 0.29) is 17.4 Å². The van der Waals surface area contributed by atoms with Crippen molar-refractivity contribution in [3.05, 3.63) is 64.2 Å². The van der Waals surface area contributed by atoms with E-state index < -0.39 is 17.6 Å². The van der Waals surface area contributed by atoms with Crippen molar-refractivity contribution in [2.45, 2.75) is 33.1 Å². The summed E-state index contributed by atoms with van der Waals surface area (Å²) in [6.45, 7) is 3.99. The van der Waals surface area contributed by atoms with Crippen LogP contribution in [0.5, 0.6) is 0 Å². The number of halogens is 2. The largest absolute Gasteiger partial charge is 0.478 e. The van der Waals surface area contributed by atoms with Gasteiger partial charge in [-0.3, -0.25) is 4.79 Å². The lowest BCUT2D eigenvalue weighted by atomic mass is 9.89. The van der Waals surface area contributed by atoms with Crippen LogP contribution in [0.3, 0.4) is 0 Å². The van der Waals surface area contributed by atoms with Crippen molar-refractivity contribution in [3.63, 3.8) is 0 Å². The zero-order chi connectivity index (χ0) is 19.7. The lowest BCUT2D eigenvalue weighted by Crippen LogP contribution is -2.41. The number of carboxylic acid groups (broad SMARTS) is 1. The molecule has 1 saturated heterocycles. The number of anilines is 1. The van der Waals surface area contributed by atoms with Gasteiger partial charge in [-0.1, -0.05) is 6.07 Å². The number of rotatable bonds is 4. The van der Waals surface area contributed by atoms with E-state index in [2.05, 4.69) is 0 Å². The van der Waals surface area contributed by atoms with Crippen LogP contribution < -0.4 is 4.90 Å². The van der Waals surface area contributed by atoms with E-state index in [1.165, 1.54) is 12.1 Å². The van der Waals surface area contributed by atoms with Gasteiger partial charge >= 0.3 is 5.97 Å². The van der Waals surface area contributed by atoms with Crippen molar-refractivity contribution in [3.8, 4) is 0 Å². The minimum atomic E-state index is -1.01. The molecular weight excluding hydrogens is 352 g/mol. The van der Waals surface area contributed by atoms with Crippen LogP contribution in [0.4, 0.5) is 14.5 Å². The Bertz CT molecular complexity index is 887. The van der Waals surface area contributed by atoms with Crippen LogP contribution in [0.1, 0.15) is 39.9 Å². The molecule has 1 fully saturated rings. The first-order valence-corrected chi connectivity index (χ1v) is 8.85. The molecule has 27 heavy (non-hydrogen) atoms. The average Bonchev–Trinajstić information content (AvgIpc) is 2.59. The maximum atomic E-state index is 14.0. The third kappa shape index (κ3) is 3.99. The first-order valence-electron chi connectivity index (χ1n) is 8.85. The van der Waals surface area contributed by atoms with Crippen molar-refractivity contribution in [1.29, 1.82) is 0 Å². The lowest BCUT2D eigenvalue weighted by molar-refractivity contribution is -0.120. The van der Waals surface area contributed by atoms with E-state index in [4.69, 9.17) is 0 Å². The van der Waals surface area contributed by atoms with Gasteiger partial charge in [0.15, 0.2) is 0 Å². The standard InChI is InChI=1S/C21H21F2NO3/c1-12-7-16(21(26)27)8-13(2)20(12)24-11-14(3-6-19(24)25)9-15-4-5-17(22)10-18(15)23/h4-5,7-8,10,14H,3,6,9,11H2,1-2H3,(H,26,27). The number of nitrogens with zero attached hydrogens (tertiary/aromatic N) is 1. The highest BCUT2D eigenvalue weighted by molar-refractivity contribution is 5.97. The minimum absolute atomic E-state index is 0.0277. The molecule has 3 rings (SSSR count). The third-order valence-corrected chi connectivity index (χ3v) is 5.04. The molecule has 0 spiro atoms. The van der Waals surface area contributed by atoms with Gasteiger partial charge in [0.05, 0.1) is 5.56 Å². The Morgan fingerprint density at radius 1 is 1.19 bits per heavy atom. The van der Waals surface area contributed by atoms with Gasteiger partial charge in [-0.05, 0) is 67.5 Å². The summed E-state index contributed by atoms with van der Waals surface area (Å²) < 4.78 is 27.1. The van der Waals surface area contributed by atoms with Gasteiger partial charge in [0.25, 0.3) is 0 Å². The van der Waals surface area contributed by atoms with Crippen LogP contribution in [-0.2, 0) is 11.2 Å². The monoisotopic (exact) mass is 373 g/mol. The zero-order valence-electron chi connectivity index (χ0n) is 15.3. The van der Waals surface area contributed by atoms with Crippen LogP contribution in [0.2, 0.25) is 0 Å². The van der Waals surface area contributed by atoms with Crippen LogP contribution in [0.25, 0.3) is 0 Å². The summed E-state index contributed by atoms with van der Waals surface area (Å²) in [5.41, 5.74) is 2.77. The number of amides is 1. The average molecular weight is 373 g/mol. The van der Waals surface area contributed by atoms with Crippen molar-refractivity contribution < 1.29 is 23.5 Å². The van der Waals surface area contributed by atoms with Gasteiger partial charge in [0, 0.05) is 24.7 Å². The summed E-state index contributed by atoms with van der Waals surface area (Å²) in [5, 5.41) is 9.20. The molecule has 0 aromatic heterocycles. The van der Waals surface area contributed by atoms with Crippen LogP contribution in [-0.4, -0.2) is 23.5 Å². The van der Waals surface area contributed by atoms with Crippen LogP contribution >= 0.6 is 0 Å². The molecule has 6 heteroatoms. The Balaban J connectivity index is 1.86. The molecule has 0 aliphatic carbocycles. The summed E-state index contributed by atoms with van der Waals surface area (Å²) in [6, 6.07) is 6.68. The second-order valence-corrected chi connectivity index (χ2v) is 7.11.